The third kappa shape index (κ3) is 7.36. The quantitative estimate of drug-likeness (QED) is 0.331. The SMILES string of the molecule is CCOC(Cc1ccc(OCC=C(C)c2ccc(-c3cc(Cl)cc(Cl)c3)cc2)cc1)C(=O)O. The fourth-order valence-electron chi connectivity index (χ4n) is 3.38. The number of halogens is 2. The van der Waals surface area contributed by atoms with Crippen LogP contribution in [-0.4, -0.2) is 30.4 Å². The second-order valence-corrected chi connectivity index (χ2v) is 8.44. The minimum absolute atomic E-state index is 0.319. The summed E-state index contributed by atoms with van der Waals surface area (Å²) in [4.78, 5) is 11.2. The summed E-state index contributed by atoms with van der Waals surface area (Å²) in [5, 5.41) is 10.4. The molecule has 0 aliphatic rings. The van der Waals surface area contributed by atoms with E-state index in [0.717, 1.165) is 33.6 Å². The van der Waals surface area contributed by atoms with Crippen LogP contribution in [0.3, 0.4) is 0 Å². The molecule has 0 saturated heterocycles. The van der Waals surface area contributed by atoms with Crippen LogP contribution in [0.15, 0.2) is 72.8 Å². The Balaban J connectivity index is 1.57. The van der Waals surface area contributed by atoms with Crippen LogP contribution in [0.5, 0.6) is 5.75 Å². The molecule has 172 valence electrons. The molecule has 4 nitrogen and oxygen atoms in total. The van der Waals surface area contributed by atoms with Gasteiger partial charge in [-0.25, -0.2) is 4.79 Å². The van der Waals surface area contributed by atoms with Gasteiger partial charge in [-0.3, -0.25) is 0 Å². The molecule has 0 heterocycles. The zero-order chi connectivity index (χ0) is 23.8. The van der Waals surface area contributed by atoms with Crippen molar-refractivity contribution in [3.05, 3.63) is 94.0 Å². The lowest BCUT2D eigenvalue weighted by molar-refractivity contribution is -0.149. The first-order valence-corrected chi connectivity index (χ1v) is 11.4. The zero-order valence-corrected chi connectivity index (χ0v) is 20.1. The van der Waals surface area contributed by atoms with E-state index < -0.39 is 12.1 Å². The van der Waals surface area contributed by atoms with Crippen LogP contribution in [-0.2, 0) is 16.0 Å². The maximum absolute atomic E-state index is 11.2. The minimum Gasteiger partial charge on any atom is -0.490 e. The number of carboxylic acid groups (broad SMARTS) is 1. The van der Waals surface area contributed by atoms with E-state index in [1.165, 1.54) is 0 Å². The van der Waals surface area contributed by atoms with Crippen molar-refractivity contribution in [3.63, 3.8) is 0 Å². The lowest BCUT2D eigenvalue weighted by Crippen LogP contribution is -2.26. The highest BCUT2D eigenvalue weighted by atomic mass is 35.5. The van der Waals surface area contributed by atoms with Gasteiger partial charge in [0.2, 0.25) is 0 Å². The van der Waals surface area contributed by atoms with Crippen molar-refractivity contribution in [1.82, 2.24) is 0 Å². The van der Waals surface area contributed by atoms with Gasteiger partial charge in [0.05, 0.1) is 0 Å². The molecule has 6 heteroatoms. The molecule has 3 aromatic carbocycles. The zero-order valence-electron chi connectivity index (χ0n) is 18.6. The summed E-state index contributed by atoms with van der Waals surface area (Å²) in [6.45, 7) is 4.61. The molecule has 0 fully saturated rings. The first kappa shape index (κ1) is 24.8. The Morgan fingerprint density at radius 2 is 1.61 bits per heavy atom. The molecule has 3 rings (SSSR count). The molecular formula is C27H26Cl2O4. The summed E-state index contributed by atoms with van der Waals surface area (Å²) in [7, 11) is 0. The molecule has 0 spiro atoms. The van der Waals surface area contributed by atoms with Gasteiger partial charge in [-0.2, -0.15) is 0 Å². The average Bonchev–Trinajstić information content (AvgIpc) is 2.79. The van der Waals surface area contributed by atoms with Crippen molar-refractivity contribution in [2.24, 2.45) is 0 Å². The van der Waals surface area contributed by atoms with Crippen molar-refractivity contribution in [3.8, 4) is 16.9 Å². The second-order valence-electron chi connectivity index (χ2n) is 7.56. The molecule has 3 aromatic rings. The maximum Gasteiger partial charge on any atom is 0.333 e. The van der Waals surface area contributed by atoms with E-state index in [9.17, 15) is 9.90 Å². The fraction of sp³-hybridized carbons (Fsp3) is 0.222. The van der Waals surface area contributed by atoms with Gasteiger partial charge in [-0.15, -0.1) is 0 Å². The Kier molecular flexibility index (Phi) is 8.95. The highest BCUT2D eigenvalue weighted by Crippen LogP contribution is 2.28. The number of hydrogen-bond donors (Lipinski definition) is 1. The van der Waals surface area contributed by atoms with Crippen molar-refractivity contribution in [2.45, 2.75) is 26.4 Å². The van der Waals surface area contributed by atoms with E-state index in [-0.39, 0.29) is 0 Å². The monoisotopic (exact) mass is 484 g/mol. The number of carbonyl (C=O) groups is 1. The predicted molar refractivity (Wildman–Crippen MR) is 134 cm³/mol. The Morgan fingerprint density at radius 1 is 0.970 bits per heavy atom. The van der Waals surface area contributed by atoms with Crippen molar-refractivity contribution in [1.29, 1.82) is 0 Å². The van der Waals surface area contributed by atoms with Crippen LogP contribution in [0.2, 0.25) is 10.0 Å². The van der Waals surface area contributed by atoms with Crippen LogP contribution < -0.4 is 4.74 Å². The largest absolute Gasteiger partial charge is 0.490 e. The van der Waals surface area contributed by atoms with E-state index in [2.05, 4.69) is 12.1 Å². The Morgan fingerprint density at radius 3 is 2.18 bits per heavy atom. The van der Waals surface area contributed by atoms with Gasteiger partial charge >= 0.3 is 5.97 Å². The van der Waals surface area contributed by atoms with Gasteiger partial charge in [0, 0.05) is 23.1 Å². The van der Waals surface area contributed by atoms with Crippen LogP contribution in [0.25, 0.3) is 16.7 Å². The number of allylic oxidation sites excluding steroid dienone is 1. The molecular weight excluding hydrogens is 459 g/mol. The number of carboxylic acids is 1. The van der Waals surface area contributed by atoms with Gasteiger partial charge in [0.25, 0.3) is 0 Å². The normalized spacial score (nSPS) is 12.4. The average molecular weight is 485 g/mol. The fourth-order valence-corrected chi connectivity index (χ4v) is 3.91. The maximum atomic E-state index is 11.2. The smallest absolute Gasteiger partial charge is 0.333 e. The van der Waals surface area contributed by atoms with Crippen molar-refractivity contribution < 1.29 is 19.4 Å². The highest BCUT2D eigenvalue weighted by molar-refractivity contribution is 6.35. The predicted octanol–water partition coefficient (Wildman–Crippen LogP) is 7.17. The molecule has 0 aliphatic heterocycles. The number of rotatable bonds is 10. The van der Waals surface area contributed by atoms with Crippen molar-refractivity contribution in [2.75, 3.05) is 13.2 Å². The van der Waals surface area contributed by atoms with Gasteiger partial charge in [0.15, 0.2) is 6.10 Å². The lowest BCUT2D eigenvalue weighted by atomic mass is 10.0. The molecule has 0 radical (unpaired) electrons. The molecule has 0 aliphatic carbocycles. The van der Waals surface area contributed by atoms with E-state index >= 15 is 0 Å². The van der Waals surface area contributed by atoms with Gasteiger partial charge in [-0.1, -0.05) is 59.6 Å². The van der Waals surface area contributed by atoms with E-state index in [1.807, 2.05) is 61.5 Å². The van der Waals surface area contributed by atoms with Crippen molar-refractivity contribution >= 4 is 34.7 Å². The molecule has 0 bridgehead atoms. The molecule has 1 atom stereocenters. The summed E-state index contributed by atoms with van der Waals surface area (Å²) in [6, 6.07) is 21.1. The molecule has 0 saturated carbocycles. The minimum atomic E-state index is -0.956. The Hall–Kier alpha value is -2.79. The number of benzene rings is 3. The van der Waals surface area contributed by atoms with E-state index in [0.29, 0.717) is 29.7 Å². The number of aliphatic carboxylic acids is 1. The summed E-state index contributed by atoms with van der Waals surface area (Å²) in [5.41, 5.74) is 5.10. The standard InChI is InChI=1S/C27H26Cl2O4/c1-3-32-26(27(30)31)14-19-4-10-25(11-5-19)33-13-12-18(2)20-6-8-21(9-7-20)22-15-23(28)17-24(29)16-22/h4-12,15-17,26H,3,13-14H2,1-2H3,(H,30,31). The summed E-state index contributed by atoms with van der Waals surface area (Å²) in [6.07, 6.45) is 1.50. The first-order chi connectivity index (χ1) is 15.9. The molecule has 1 N–H and O–H groups in total. The number of hydrogen-bond acceptors (Lipinski definition) is 3. The van der Waals surface area contributed by atoms with E-state index in [4.69, 9.17) is 32.7 Å². The first-order valence-electron chi connectivity index (χ1n) is 10.7. The molecule has 33 heavy (non-hydrogen) atoms. The van der Waals surface area contributed by atoms with Crippen LogP contribution in [0.1, 0.15) is 25.0 Å². The Labute approximate surface area is 204 Å². The highest BCUT2D eigenvalue weighted by Gasteiger charge is 2.17. The van der Waals surface area contributed by atoms with Crippen LogP contribution in [0.4, 0.5) is 0 Å². The number of ether oxygens (including phenoxy) is 2. The molecule has 0 amide bonds. The molecule has 1 unspecified atom stereocenters. The lowest BCUT2D eigenvalue weighted by Gasteiger charge is -2.12. The van der Waals surface area contributed by atoms with Gasteiger partial charge < -0.3 is 14.6 Å². The molecule has 0 aromatic heterocycles. The summed E-state index contributed by atoms with van der Waals surface area (Å²) >= 11 is 12.2. The topological polar surface area (TPSA) is 55.8 Å². The Bertz CT molecular complexity index is 1090. The van der Waals surface area contributed by atoms with Gasteiger partial charge in [-0.05, 0) is 78.1 Å². The van der Waals surface area contributed by atoms with Crippen LogP contribution in [0, 0.1) is 0 Å². The van der Waals surface area contributed by atoms with Crippen LogP contribution >= 0.6 is 23.2 Å². The second kappa shape index (κ2) is 11.9. The third-order valence-electron chi connectivity index (χ3n) is 5.16. The van der Waals surface area contributed by atoms with E-state index in [1.54, 1.807) is 13.0 Å². The summed E-state index contributed by atoms with van der Waals surface area (Å²) < 4.78 is 11.1. The third-order valence-corrected chi connectivity index (χ3v) is 5.60. The summed E-state index contributed by atoms with van der Waals surface area (Å²) in [5.74, 6) is -0.235. The van der Waals surface area contributed by atoms with Gasteiger partial charge in [0.1, 0.15) is 12.4 Å².